The van der Waals surface area contributed by atoms with Gasteiger partial charge in [-0.05, 0) is 79.2 Å². The van der Waals surface area contributed by atoms with Crippen LogP contribution in [0.25, 0.3) is 6.08 Å². The van der Waals surface area contributed by atoms with Crippen molar-refractivity contribution in [3.63, 3.8) is 0 Å². The molecule has 1 aromatic heterocycles. The van der Waals surface area contributed by atoms with E-state index >= 15 is 0 Å². The normalized spacial score (nSPS) is 11.9. The van der Waals surface area contributed by atoms with Gasteiger partial charge in [0.25, 0.3) is 11.8 Å². The molecule has 0 aliphatic heterocycles. The smallest absolute Gasteiger partial charge is 0.272 e. The minimum Gasteiger partial charge on any atom is -0.325 e. The maximum Gasteiger partial charge on any atom is 0.272 e. The third kappa shape index (κ3) is 7.71. The highest BCUT2D eigenvalue weighted by Gasteiger charge is 2.18. The number of nitrogens with one attached hydrogen (secondary N) is 3. The molecule has 40 heavy (non-hydrogen) atoms. The molecule has 0 bridgehead atoms. The van der Waals surface area contributed by atoms with Crippen LogP contribution < -0.4 is 16.0 Å². The average molecular weight is 570 g/mol. The van der Waals surface area contributed by atoms with Crippen LogP contribution >= 0.6 is 23.1 Å². The Kier molecular flexibility index (Phi) is 9.94. The molecule has 0 aliphatic rings. The van der Waals surface area contributed by atoms with Crippen LogP contribution in [0.3, 0.4) is 0 Å². The summed E-state index contributed by atoms with van der Waals surface area (Å²) < 4.78 is 0. The lowest BCUT2D eigenvalue weighted by Crippen LogP contribution is -2.30. The standard InChI is InChI=1S/C32H31N3O3S2/c1-4-23-14-8-11-21(2)29(23)35-30(36)22(3)40-27-16-9-15-25(19-27)33-32(38)28(20-26-17-10-18-39-26)34-31(37)24-12-6-5-7-13-24/h5-20,22H,4H2,1-3H3,(H,33,38)(H,34,37)(H,35,36)/b28-20-. The summed E-state index contributed by atoms with van der Waals surface area (Å²) in [6, 6.07) is 25.8. The lowest BCUT2D eigenvalue weighted by Gasteiger charge is -2.17. The highest BCUT2D eigenvalue weighted by Crippen LogP contribution is 2.28. The second-order valence-corrected chi connectivity index (χ2v) is 11.5. The molecule has 0 spiro atoms. The first-order valence-electron chi connectivity index (χ1n) is 12.9. The molecule has 204 valence electrons. The number of aryl methyl sites for hydroxylation is 2. The van der Waals surface area contributed by atoms with E-state index < -0.39 is 5.91 Å². The molecule has 0 saturated carbocycles. The molecule has 3 aromatic carbocycles. The molecule has 3 N–H and O–H groups in total. The molecule has 1 heterocycles. The van der Waals surface area contributed by atoms with Crippen LogP contribution in [0.2, 0.25) is 0 Å². The molecule has 0 radical (unpaired) electrons. The first-order valence-corrected chi connectivity index (χ1v) is 14.7. The van der Waals surface area contributed by atoms with E-state index in [1.165, 1.54) is 23.1 Å². The minimum atomic E-state index is -0.447. The number of amides is 3. The van der Waals surface area contributed by atoms with Gasteiger partial charge < -0.3 is 16.0 Å². The van der Waals surface area contributed by atoms with Crippen molar-refractivity contribution in [1.29, 1.82) is 0 Å². The Morgan fingerprint density at radius 2 is 1.70 bits per heavy atom. The predicted molar refractivity (Wildman–Crippen MR) is 166 cm³/mol. The summed E-state index contributed by atoms with van der Waals surface area (Å²) in [6.45, 7) is 5.91. The van der Waals surface area contributed by atoms with Crippen LogP contribution in [0.1, 0.15) is 40.2 Å². The van der Waals surface area contributed by atoms with Gasteiger partial charge in [-0.2, -0.15) is 0 Å². The molecule has 0 saturated heterocycles. The van der Waals surface area contributed by atoms with Crippen molar-refractivity contribution in [3.05, 3.63) is 118 Å². The summed E-state index contributed by atoms with van der Waals surface area (Å²) in [5.41, 5.74) is 4.13. The van der Waals surface area contributed by atoms with E-state index in [2.05, 4.69) is 22.9 Å². The number of hydrogen-bond acceptors (Lipinski definition) is 5. The van der Waals surface area contributed by atoms with E-state index in [1.54, 1.807) is 36.4 Å². The molecule has 4 aromatic rings. The van der Waals surface area contributed by atoms with Crippen LogP contribution in [-0.4, -0.2) is 23.0 Å². The van der Waals surface area contributed by atoms with Crippen LogP contribution in [0.5, 0.6) is 0 Å². The van der Waals surface area contributed by atoms with Gasteiger partial charge in [0.05, 0.1) is 5.25 Å². The van der Waals surface area contributed by atoms with Gasteiger partial charge in [0.2, 0.25) is 5.91 Å². The van der Waals surface area contributed by atoms with E-state index in [-0.39, 0.29) is 22.8 Å². The third-order valence-corrected chi connectivity index (χ3v) is 8.03. The lowest BCUT2D eigenvalue weighted by atomic mass is 10.1. The van der Waals surface area contributed by atoms with Crippen molar-refractivity contribution >= 4 is 58.3 Å². The second-order valence-electron chi connectivity index (χ2n) is 9.09. The zero-order chi connectivity index (χ0) is 28.5. The fourth-order valence-corrected chi connectivity index (χ4v) is 5.57. The number of rotatable bonds is 10. The SMILES string of the molecule is CCc1cccc(C)c1NC(=O)C(C)Sc1cccc(NC(=O)/C(=C/c2cccs2)NC(=O)c2ccccc2)c1. The van der Waals surface area contributed by atoms with E-state index in [0.29, 0.717) is 11.3 Å². The maximum absolute atomic E-state index is 13.3. The van der Waals surface area contributed by atoms with E-state index in [1.807, 2.05) is 73.8 Å². The van der Waals surface area contributed by atoms with Crippen molar-refractivity contribution < 1.29 is 14.4 Å². The number of hydrogen-bond donors (Lipinski definition) is 3. The first kappa shape index (κ1) is 28.9. The van der Waals surface area contributed by atoms with Crippen molar-refractivity contribution in [2.75, 3.05) is 10.6 Å². The van der Waals surface area contributed by atoms with E-state index in [9.17, 15) is 14.4 Å². The zero-order valence-corrected chi connectivity index (χ0v) is 24.2. The summed E-state index contributed by atoms with van der Waals surface area (Å²) in [5, 5.41) is 10.3. The molecule has 1 unspecified atom stereocenters. The fraction of sp³-hybridized carbons (Fsp3) is 0.156. The molecule has 3 amide bonds. The Hall–Kier alpha value is -4.14. The van der Waals surface area contributed by atoms with Crippen molar-refractivity contribution in [2.24, 2.45) is 0 Å². The molecular formula is C32H31N3O3S2. The molecule has 0 aliphatic carbocycles. The van der Waals surface area contributed by atoms with E-state index in [4.69, 9.17) is 0 Å². The van der Waals surface area contributed by atoms with Gasteiger partial charge in [0.15, 0.2) is 0 Å². The minimum absolute atomic E-state index is 0.0896. The van der Waals surface area contributed by atoms with Gasteiger partial charge in [0.1, 0.15) is 5.70 Å². The Balaban J connectivity index is 1.45. The number of benzene rings is 3. The highest BCUT2D eigenvalue weighted by atomic mass is 32.2. The lowest BCUT2D eigenvalue weighted by molar-refractivity contribution is -0.115. The number of para-hydroxylation sites is 1. The molecule has 6 nitrogen and oxygen atoms in total. The Labute approximate surface area is 242 Å². The average Bonchev–Trinajstić information content (AvgIpc) is 3.47. The van der Waals surface area contributed by atoms with Gasteiger partial charge in [0, 0.05) is 26.7 Å². The summed E-state index contributed by atoms with van der Waals surface area (Å²) >= 11 is 2.87. The van der Waals surface area contributed by atoms with E-state index in [0.717, 1.165) is 33.0 Å². The second kappa shape index (κ2) is 13.8. The third-order valence-electron chi connectivity index (χ3n) is 6.12. The fourth-order valence-electron chi connectivity index (χ4n) is 3.99. The Morgan fingerprint density at radius 3 is 2.42 bits per heavy atom. The molecule has 1 atom stereocenters. The van der Waals surface area contributed by atoms with Crippen LogP contribution in [0.15, 0.2) is 101 Å². The topological polar surface area (TPSA) is 87.3 Å². The largest absolute Gasteiger partial charge is 0.325 e. The van der Waals surface area contributed by atoms with Crippen LogP contribution in [0, 0.1) is 6.92 Å². The highest BCUT2D eigenvalue weighted by molar-refractivity contribution is 8.00. The summed E-state index contributed by atoms with van der Waals surface area (Å²) in [4.78, 5) is 40.8. The van der Waals surface area contributed by atoms with Crippen molar-refractivity contribution in [3.8, 4) is 0 Å². The molecule has 4 rings (SSSR count). The monoisotopic (exact) mass is 569 g/mol. The van der Waals surface area contributed by atoms with Crippen LogP contribution in [-0.2, 0) is 16.0 Å². The van der Waals surface area contributed by atoms with Gasteiger partial charge >= 0.3 is 0 Å². The predicted octanol–water partition coefficient (Wildman–Crippen LogP) is 7.15. The Morgan fingerprint density at radius 1 is 0.925 bits per heavy atom. The maximum atomic E-state index is 13.3. The summed E-state index contributed by atoms with van der Waals surface area (Å²) in [5.74, 6) is -0.909. The number of anilines is 2. The van der Waals surface area contributed by atoms with Gasteiger partial charge in [-0.15, -0.1) is 23.1 Å². The molecule has 8 heteroatoms. The summed E-state index contributed by atoms with van der Waals surface area (Å²) in [6.07, 6.45) is 2.48. The van der Waals surface area contributed by atoms with Gasteiger partial charge in [-0.1, -0.05) is 55.5 Å². The zero-order valence-electron chi connectivity index (χ0n) is 22.6. The molecular weight excluding hydrogens is 539 g/mol. The first-order chi connectivity index (χ1) is 19.3. The Bertz CT molecular complexity index is 1520. The van der Waals surface area contributed by atoms with Crippen molar-refractivity contribution in [2.45, 2.75) is 37.3 Å². The number of thioether (sulfide) groups is 1. The molecule has 0 fully saturated rings. The number of carbonyl (C=O) groups is 3. The quantitative estimate of drug-likeness (QED) is 0.140. The van der Waals surface area contributed by atoms with Gasteiger partial charge in [-0.3, -0.25) is 14.4 Å². The van der Waals surface area contributed by atoms with Crippen molar-refractivity contribution in [1.82, 2.24) is 5.32 Å². The summed E-state index contributed by atoms with van der Waals surface area (Å²) in [7, 11) is 0. The number of thiophene rings is 1. The number of carbonyl (C=O) groups excluding carboxylic acids is 3. The van der Waals surface area contributed by atoms with Crippen LogP contribution in [0.4, 0.5) is 11.4 Å². The van der Waals surface area contributed by atoms with Gasteiger partial charge in [-0.25, -0.2) is 0 Å².